The molecule has 1 saturated carbocycles. The molecule has 2 aliphatic heterocycles. The Labute approximate surface area is 90.3 Å². The normalized spacial score (nSPS) is 43.1. The molecule has 0 N–H and O–H groups in total. The van der Waals surface area contributed by atoms with E-state index in [9.17, 15) is 0 Å². The summed E-state index contributed by atoms with van der Waals surface area (Å²) in [5.41, 5.74) is 1.22. The van der Waals surface area contributed by atoms with Crippen molar-refractivity contribution < 1.29 is 9.47 Å². The second-order valence-electron chi connectivity index (χ2n) is 4.51. The van der Waals surface area contributed by atoms with E-state index in [1.54, 1.807) is 0 Å². The van der Waals surface area contributed by atoms with Crippen molar-refractivity contribution in [3.05, 3.63) is 36.5 Å². The van der Waals surface area contributed by atoms with Crippen LogP contribution < -0.4 is 0 Å². The van der Waals surface area contributed by atoms with Crippen LogP contribution in [-0.4, -0.2) is 25.4 Å². The highest BCUT2D eigenvalue weighted by atomic mass is 16.5. The topological polar surface area (TPSA) is 18.5 Å². The van der Waals surface area contributed by atoms with Gasteiger partial charge in [0.2, 0.25) is 0 Å². The Morgan fingerprint density at radius 2 is 2.13 bits per heavy atom. The fourth-order valence-electron chi connectivity index (χ4n) is 2.90. The van der Waals surface area contributed by atoms with E-state index >= 15 is 0 Å². The Morgan fingerprint density at radius 3 is 3.00 bits per heavy atom. The molecule has 0 aromatic carbocycles. The molecule has 0 aromatic rings. The van der Waals surface area contributed by atoms with E-state index in [4.69, 9.17) is 9.47 Å². The molecule has 0 amide bonds. The van der Waals surface area contributed by atoms with Crippen LogP contribution in [0.4, 0.5) is 0 Å². The maximum Gasteiger partial charge on any atom is 0.0910 e. The molecular weight excluding hydrogens is 188 g/mol. The highest BCUT2D eigenvalue weighted by Gasteiger charge is 2.45. The molecule has 15 heavy (non-hydrogen) atoms. The smallest absolute Gasteiger partial charge is 0.0910 e. The zero-order chi connectivity index (χ0) is 10.3. The maximum absolute atomic E-state index is 5.88. The maximum atomic E-state index is 5.88. The fraction of sp³-hybridized carbons (Fsp3) is 0.538. The van der Waals surface area contributed by atoms with Crippen LogP contribution in [-0.2, 0) is 9.47 Å². The third-order valence-electron chi connectivity index (χ3n) is 3.61. The standard InChI is InChI=1S/C13H16O2/c1-2-9-6-11-7-10-4-3-5-14-12(10)13(11)15-8-9/h2-4,6,10-13H,1,5,7-8H2/t10-,11+,12-,13+/m0/s1. The molecule has 0 saturated heterocycles. The summed E-state index contributed by atoms with van der Waals surface area (Å²) in [6.45, 7) is 5.23. The van der Waals surface area contributed by atoms with Crippen molar-refractivity contribution >= 4 is 0 Å². The van der Waals surface area contributed by atoms with Crippen molar-refractivity contribution in [1.29, 1.82) is 0 Å². The monoisotopic (exact) mass is 204 g/mol. The van der Waals surface area contributed by atoms with Gasteiger partial charge in [-0.3, -0.25) is 0 Å². The van der Waals surface area contributed by atoms with Gasteiger partial charge in [0.15, 0.2) is 0 Å². The van der Waals surface area contributed by atoms with Gasteiger partial charge in [0.1, 0.15) is 0 Å². The van der Waals surface area contributed by atoms with E-state index in [1.165, 1.54) is 5.57 Å². The summed E-state index contributed by atoms with van der Waals surface area (Å²) in [4.78, 5) is 0. The molecule has 0 spiro atoms. The van der Waals surface area contributed by atoms with E-state index in [-0.39, 0.29) is 12.2 Å². The van der Waals surface area contributed by atoms with Gasteiger partial charge < -0.3 is 9.47 Å². The third kappa shape index (κ3) is 1.48. The van der Waals surface area contributed by atoms with Gasteiger partial charge in [-0.05, 0) is 12.0 Å². The van der Waals surface area contributed by atoms with Gasteiger partial charge in [-0.25, -0.2) is 0 Å². The molecule has 2 heteroatoms. The molecule has 0 bridgehead atoms. The average molecular weight is 204 g/mol. The molecule has 1 fully saturated rings. The van der Waals surface area contributed by atoms with Gasteiger partial charge in [-0.15, -0.1) is 0 Å². The third-order valence-corrected chi connectivity index (χ3v) is 3.61. The zero-order valence-electron chi connectivity index (χ0n) is 8.76. The quantitative estimate of drug-likeness (QED) is 0.609. The number of ether oxygens (including phenoxy) is 2. The molecule has 3 rings (SSSR count). The molecule has 2 heterocycles. The summed E-state index contributed by atoms with van der Waals surface area (Å²) < 4.78 is 11.6. The average Bonchev–Trinajstić information content (AvgIpc) is 2.66. The molecule has 4 atom stereocenters. The Bertz CT molecular complexity index is 329. The highest BCUT2D eigenvalue weighted by molar-refractivity contribution is 5.24. The number of hydrogen-bond acceptors (Lipinski definition) is 2. The lowest BCUT2D eigenvalue weighted by atomic mass is 9.99. The SMILES string of the molecule is C=CC1=C[C@@H]2C[C@@H]3C=CCO[C@@H]3[C@@H]2OC1. The molecule has 3 aliphatic rings. The lowest BCUT2D eigenvalue weighted by Gasteiger charge is -2.30. The van der Waals surface area contributed by atoms with Crippen LogP contribution in [0.2, 0.25) is 0 Å². The van der Waals surface area contributed by atoms with Crippen molar-refractivity contribution in [1.82, 2.24) is 0 Å². The van der Waals surface area contributed by atoms with E-state index in [2.05, 4.69) is 24.8 Å². The van der Waals surface area contributed by atoms with Gasteiger partial charge in [0.05, 0.1) is 25.4 Å². The molecule has 0 radical (unpaired) electrons. The predicted molar refractivity (Wildman–Crippen MR) is 58.5 cm³/mol. The molecular formula is C13H16O2. The van der Waals surface area contributed by atoms with Gasteiger partial charge >= 0.3 is 0 Å². The van der Waals surface area contributed by atoms with Crippen LogP contribution in [0.3, 0.4) is 0 Å². The minimum Gasteiger partial charge on any atom is -0.371 e. The second kappa shape index (κ2) is 3.62. The van der Waals surface area contributed by atoms with Crippen LogP contribution in [0.25, 0.3) is 0 Å². The van der Waals surface area contributed by atoms with Crippen molar-refractivity contribution in [2.45, 2.75) is 18.6 Å². The van der Waals surface area contributed by atoms with Crippen LogP contribution in [0, 0.1) is 11.8 Å². The first-order valence-corrected chi connectivity index (χ1v) is 5.61. The Hall–Kier alpha value is -0.860. The van der Waals surface area contributed by atoms with Crippen molar-refractivity contribution in [2.24, 2.45) is 11.8 Å². The van der Waals surface area contributed by atoms with E-state index in [1.807, 2.05) is 6.08 Å². The van der Waals surface area contributed by atoms with Crippen molar-refractivity contribution in [3.8, 4) is 0 Å². The van der Waals surface area contributed by atoms with Crippen LogP contribution >= 0.6 is 0 Å². The predicted octanol–water partition coefficient (Wildman–Crippen LogP) is 2.09. The van der Waals surface area contributed by atoms with E-state index in [0.717, 1.165) is 13.0 Å². The fourth-order valence-corrected chi connectivity index (χ4v) is 2.90. The summed E-state index contributed by atoms with van der Waals surface area (Å²) in [5, 5.41) is 0. The van der Waals surface area contributed by atoms with Crippen LogP contribution in [0.5, 0.6) is 0 Å². The summed E-state index contributed by atoms with van der Waals surface area (Å²) in [6, 6.07) is 0. The molecule has 0 aromatic heterocycles. The first-order chi connectivity index (χ1) is 7.38. The number of hydrogen-bond donors (Lipinski definition) is 0. The van der Waals surface area contributed by atoms with Gasteiger partial charge in [0.25, 0.3) is 0 Å². The summed E-state index contributed by atoms with van der Waals surface area (Å²) in [7, 11) is 0. The Morgan fingerprint density at radius 1 is 1.27 bits per heavy atom. The molecule has 2 nitrogen and oxygen atoms in total. The first-order valence-electron chi connectivity index (χ1n) is 5.61. The molecule has 0 unspecified atom stereocenters. The Balaban J connectivity index is 1.85. The first kappa shape index (κ1) is 9.37. The minimum atomic E-state index is 0.267. The number of rotatable bonds is 1. The molecule has 1 aliphatic carbocycles. The van der Waals surface area contributed by atoms with Crippen molar-refractivity contribution in [2.75, 3.05) is 13.2 Å². The Kier molecular flexibility index (Phi) is 2.26. The van der Waals surface area contributed by atoms with E-state index < -0.39 is 0 Å². The van der Waals surface area contributed by atoms with Gasteiger partial charge in [-0.1, -0.05) is 30.9 Å². The van der Waals surface area contributed by atoms with Crippen LogP contribution in [0.1, 0.15) is 6.42 Å². The lowest BCUT2D eigenvalue weighted by Crippen LogP contribution is -2.36. The van der Waals surface area contributed by atoms with Gasteiger partial charge in [0, 0.05) is 11.8 Å². The molecule has 80 valence electrons. The van der Waals surface area contributed by atoms with Gasteiger partial charge in [-0.2, -0.15) is 0 Å². The summed E-state index contributed by atoms with van der Waals surface area (Å²) >= 11 is 0. The van der Waals surface area contributed by atoms with Crippen molar-refractivity contribution in [3.63, 3.8) is 0 Å². The number of fused-ring (bicyclic) bond motifs is 3. The lowest BCUT2D eigenvalue weighted by molar-refractivity contribution is -0.0689. The summed E-state index contributed by atoms with van der Waals surface area (Å²) in [6.07, 6.45) is 10.3. The second-order valence-corrected chi connectivity index (χ2v) is 4.51. The minimum absolute atomic E-state index is 0.267. The van der Waals surface area contributed by atoms with Crippen LogP contribution in [0.15, 0.2) is 36.5 Å². The van der Waals surface area contributed by atoms with E-state index in [0.29, 0.717) is 18.4 Å². The summed E-state index contributed by atoms with van der Waals surface area (Å²) in [5.74, 6) is 1.07. The highest BCUT2D eigenvalue weighted by Crippen LogP contribution is 2.41. The zero-order valence-corrected chi connectivity index (χ0v) is 8.76. The largest absolute Gasteiger partial charge is 0.371 e.